The van der Waals surface area contributed by atoms with E-state index in [2.05, 4.69) is 10.2 Å². The molecule has 0 radical (unpaired) electrons. The molecular formula is C13H12N2O2S. The van der Waals surface area contributed by atoms with E-state index in [1.807, 2.05) is 35.7 Å². The second kappa shape index (κ2) is 5.18. The van der Waals surface area contributed by atoms with Crippen molar-refractivity contribution < 1.29 is 9.47 Å². The van der Waals surface area contributed by atoms with E-state index < -0.39 is 0 Å². The highest BCUT2D eigenvalue weighted by Gasteiger charge is 2.17. The Labute approximate surface area is 109 Å². The summed E-state index contributed by atoms with van der Waals surface area (Å²) in [6.07, 6.45) is 0. The Balaban J connectivity index is 1.70. The molecule has 0 aliphatic carbocycles. The van der Waals surface area contributed by atoms with Gasteiger partial charge in [-0.2, -0.15) is 10.2 Å². The van der Waals surface area contributed by atoms with Crippen LogP contribution in [0.3, 0.4) is 0 Å². The smallest absolute Gasteiger partial charge is 0.177 e. The number of hydrogen-bond acceptors (Lipinski definition) is 5. The van der Waals surface area contributed by atoms with E-state index in [0.717, 1.165) is 22.1 Å². The average molecular weight is 260 g/mol. The van der Waals surface area contributed by atoms with Gasteiger partial charge in [0.15, 0.2) is 11.5 Å². The molecule has 2 aromatic rings. The molecule has 0 amide bonds. The van der Waals surface area contributed by atoms with Crippen molar-refractivity contribution in [1.82, 2.24) is 0 Å². The van der Waals surface area contributed by atoms with Gasteiger partial charge >= 0.3 is 0 Å². The van der Waals surface area contributed by atoms with E-state index >= 15 is 0 Å². The summed E-state index contributed by atoms with van der Waals surface area (Å²) in [6, 6.07) is 9.69. The minimum absolute atomic E-state index is 0.526. The number of nitrogens with zero attached hydrogens (tertiary/aromatic N) is 2. The Hall–Kier alpha value is -1.88. The Morgan fingerprint density at radius 1 is 1.11 bits per heavy atom. The highest BCUT2D eigenvalue weighted by molar-refractivity contribution is 7.10. The van der Waals surface area contributed by atoms with Crippen LogP contribution in [0.4, 0.5) is 5.69 Å². The fourth-order valence-electron chi connectivity index (χ4n) is 1.70. The molecule has 0 saturated carbocycles. The minimum atomic E-state index is 0.526. The fraction of sp³-hybridized carbons (Fsp3) is 0.231. The summed E-state index contributed by atoms with van der Waals surface area (Å²) in [5.41, 5.74) is 0.861. The number of azo groups is 1. The summed E-state index contributed by atoms with van der Waals surface area (Å²) in [6.45, 7) is 1.75. The average Bonchev–Trinajstić information content (AvgIpc) is 2.84. The first kappa shape index (κ1) is 11.2. The summed E-state index contributed by atoms with van der Waals surface area (Å²) < 4.78 is 11.1. The fourth-order valence-corrected chi connectivity index (χ4v) is 2.52. The molecule has 0 bridgehead atoms. The highest BCUT2D eigenvalue weighted by atomic mass is 32.1. The number of benzene rings is 1. The highest BCUT2D eigenvalue weighted by Crippen LogP contribution is 2.39. The van der Waals surface area contributed by atoms with Crippen LogP contribution in [0, 0.1) is 0 Å². The maximum Gasteiger partial charge on any atom is 0.177 e. The Bertz CT molecular complexity index is 551. The van der Waals surface area contributed by atoms with Crippen LogP contribution in [0.1, 0.15) is 4.88 Å². The Morgan fingerprint density at radius 2 is 1.94 bits per heavy atom. The monoisotopic (exact) mass is 260 g/mol. The third-order valence-electron chi connectivity index (χ3n) is 2.53. The third-order valence-corrected chi connectivity index (χ3v) is 3.46. The van der Waals surface area contributed by atoms with E-state index in [1.165, 1.54) is 0 Å². The maximum atomic E-state index is 5.58. The van der Waals surface area contributed by atoms with Gasteiger partial charge in [-0.15, -0.1) is 11.3 Å². The molecule has 1 aliphatic rings. The minimum Gasteiger partial charge on any atom is -0.485 e. The standard InChI is InChI=1S/C13H12N2O2S/c1-2-4-10(5-3-1)15-14-8-12-13-11(9-18-12)16-6-7-17-13/h1-5,9H,6-8H2. The zero-order valence-electron chi connectivity index (χ0n) is 9.70. The van der Waals surface area contributed by atoms with Crippen molar-refractivity contribution in [3.8, 4) is 11.5 Å². The van der Waals surface area contributed by atoms with Crippen LogP contribution in [-0.4, -0.2) is 13.2 Å². The Morgan fingerprint density at radius 3 is 2.83 bits per heavy atom. The van der Waals surface area contributed by atoms with Crippen molar-refractivity contribution in [3.63, 3.8) is 0 Å². The van der Waals surface area contributed by atoms with Gasteiger partial charge in [0, 0.05) is 5.38 Å². The molecule has 0 fully saturated rings. The van der Waals surface area contributed by atoms with Gasteiger partial charge in [-0.3, -0.25) is 0 Å². The lowest BCUT2D eigenvalue weighted by Gasteiger charge is -2.15. The van der Waals surface area contributed by atoms with Crippen molar-refractivity contribution in [2.75, 3.05) is 13.2 Å². The van der Waals surface area contributed by atoms with Gasteiger partial charge in [-0.05, 0) is 12.1 Å². The Kier molecular flexibility index (Phi) is 3.23. The zero-order chi connectivity index (χ0) is 12.2. The molecule has 0 unspecified atom stereocenters. The second-order valence-electron chi connectivity index (χ2n) is 3.78. The zero-order valence-corrected chi connectivity index (χ0v) is 10.5. The van der Waals surface area contributed by atoms with Gasteiger partial charge in [0.05, 0.1) is 17.1 Å². The third kappa shape index (κ3) is 2.36. The molecule has 92 valence electrons. The van der Waals surface area contributed by atoms with E-state index in [-0.39, 0.29) is 0 Å². The van der Waals surface area contributed by atoms with Crippen molar-refractivity contribution >= 4 is 17.0 Å². The van der Waals surface area contributed by atoms with Crippen LogP contribution in [0.25, 0.3) is 0 Å². The quantitative estimate of drug-likeness (QED) is 0.788. The topological polar surface area (TPSA) is 43.2 Å². The van der Waals surface area contributed by atoms with Gasteiger partial charge in [-0.25, -0.2) is 0 Å². The van der Waals surface area contributed by atoms with E-state index in [9.17, 15) is 0 Å². The normalized spacial score (nSPS) is 14.0. The predicted molar refractivity (Wildman–Crippen MR) is 70.0 cm³/mol. The molecule has 0 atom stereocenters. The molecule has 18 heavy (non-hydrogen) atoms. The maximum absolute atomic E-state index is 5.58. The van der Waals surface area contributed by atoms with E-state index in [0.29, 0.717) is 19.8 Å². The van der Waals surface area contributed by atoms with Crippen LogP contribution < -0.4 is 9.47 Å². The molecule has 0 spiro atoms. The summed E-state index contributed by atoms with van der Waals surface area (Å²) in [7, 11) is 0. The molecule has 0 saturated heterocycles. The first-order chi connectivity index (χ1) is 8.93. The number of fused-ring (bicyclic) bond motifs is 1. The van der Waals surface area contributed by atoms with Crippen LogP contribution in [0.2, 0.25) is 0 Å². The van der Waals surface area contributed by atoms with E-state index in [1.54, 1.807) is 11.3 Å². The second-order valence-corrected chi connectivity index (χ2v) is 4.75. The molecule has 1 aromatic carbocycles. The van der Waals surface area contributed by atoms with Gasteiger partial charge in [0.25, 0.3) is 0 Å². The van der Waals surface area contributed by atoms with Crippen molar-refractivity contribution in [1.29, 1.82) is 0 Å². The lowest BCUT2D eigenvalue weighted by atomic mass is 10.3. The van der Waals surface area contributed by atoms with Crippen LogP contribution >= 0.6 is 11.3 Å². The molecule has 4 nitrogen and oxygen atoms in total. The lowest BCUT2D eigenvalue weighted by molar-refractivity contribution is 0.172. The number of thiophene rings is 1. The van der Waals surface area contributed by atoms with E-state index in [4.69, 9.17) is 9.47 Å². The largest absolute Gasteiger partial charge is 0.485 e. The summed E-state index contributed by atoms with van der Waals surface area (Å²) in [5, 5.41) is 10.3. The molecule has 5 heteroatoms. The number of hydrogen-bond donors (Lipinski definition) is 0. The number of ether oxygens (including phenoxy) is 2. The summed E-state index contributed by atoms with van der Waals surface area (Å²) in [5.74, 6) is 1.66. The van der Waals surface area contributed by atoms with Gasteiger partial charge in [0.1, 0.15) is 13.2 Å². The number of rotatable bonds is 3. The van der Waals surface area contributed by atoms with Gasteiger partial charge in [0.2, 0.25) is 0 Å². The van der Waals surface area contributed by atoms with Crippen LogP contribution in [0.15, 0.2) is 45.9 Å². The lowest BCUT2D eigenvalue weighted by Crippen LogP contribution is -2.14. The predicted octanol–water partition coefficient (Wildman–Crippen LogP) is 3.80. The molecular weight excluding hydrogens is 248 g/mol. The summed E-state index contributed by atoms with van der Waals surface area (Å²) >= 11 is 1.60. The first-order valence-electron chi connectivity index (χ1n) is 5.72. The first-order valence-corrected chi connectivity index (χ1v) is 6.60. The van der Waals surface area contributed by atoms with Gasteiger partial charge < -0.3 is 9.47 Å². The SMILES string of the molecule is c1ccc(N=NCc2scc3c2OCCO3)cc1. The summed E-state index contributed by atoms with van der Waals surface area (Å²) in [4.78, 5) is 1.06. The molecule has 1 aromatic heterocycles. The van der Waals surface area contributed by atoms with Crippen LogP contribution in [-0.2, 0) is 6.54 Å². The van der Waals surface area contributed by atoms with Crippen molar-refractivity contribution in [3.05, 3.63) is 40.6 Å². The van der Waals surface area contributed by atoms with Crippen molar-refractivity contribution in [2.45, 2.75) is 6.54 Å². The van der Waals surface area contributed by atoms with Crippen molar-refractivity contribution in [2.24, 2.45) is 10.2 Å². The molecule has 2 heterocycles. The van der Waals surface area contributed by atoms with Crippen LogP contribution in [0.5, 0.6) is 11.5 Å². The van der Waals surface area contributed by atoms with Gasteiger partial charge in [-0.1, -0.05) is 18.2 Å². The molecule has 3 rings (SSSR count). The molecule has 0 N–H and O–H groups in total. The molecule has 1 aliphatic heterocycles.